The summed E-state index contributed by atoms with van der Waals surface area (Å²) in [6.07, 6.45) is 0. The van der Waals surface area contributed by atoms with Gasteiger partial charge in [-0.05, 0) is 0 Å². The fourth-order valence-electron chi connectivity index (χ4n) is 0.393. The van der Waals surface area contributed by atoms with E-state index in [1.165, 1.54) is 0 Å². The first-order valence-electron chi connectivity index (χ1n) is 1.95. The molecule has 1 aliphatic rings. The van der Waals surface area contributed by atoms with Gasteiger partial charge in [0.1, 0.15) is 0 Å². The summed E-state index contributed by atoms with van der Waals surface area (Å²) >= 11 is 0. The Labute approximate surface area is 44.0 Å². The molecular weight excluding hydrogens is 144 g/mol. The molecule has 0 saturated carbocycles. The van der Waals surface area contributed by atoms with E-state index in [9.17, 15) is 12.6 Å². The molecule has 1 fully saturated rings. The van der Waals surface area contributed by atoms with Gasteiger partial charge in [-0.25, -0.2) is 0 Å². The van der Waals surface area contributed by atoms with Crippen LogP contribution in [0.4, 0.5) is 12.6 Å². The van der Waals surface area contributed by atoms with E-state index in [-0.39, 0.29) is 13.2 Å². The molecule has 6 heteroatoms. The summed E-state index contributed by atoms with van der Waals surface area (Å²) in [5.74, 6) is 0. The van der Waals surface area contributed by atoms with Gasteiger partial charge in [0.05, 0.1) is 0 Å². The van der Waals surface area contributed by atoms with Crippen molar-refractivity contribution in [3.63, 3.8) is 0 Å². The van der Waals surface area contributed by atoms with Crippen molar-refractivity contribution in [2.24, 2.45) is 0 Å². The van der Waals surface area contributed by atoms with Crippen molar-refractivity contribution in [1.29, 1.82) is 0 Å². The molecule has 0 aliphatic carbocycles. The average molecular weight is 148 g/mol. The van der Waals surface area contributed by atoms with Crippen LogP contribution in [0.1, 0.15) is 0 Å². The van der Waals surface area contributed by atoms with E-state index in [0.29, 0.717) is 0 Å². The van der Waals surface area contributed by atoms with Crippen molar-refractivity contribution in [1.82, 2.24) is 0 Å². The molecule has 0 atom stereocenters. The molecule has 0 amide bonds. The fourth-order valence-corrected chi connectivity index (χ4v) is 1.18. The normalized spacial score (nSPS) is 38.1. The molecule has 0 aromatic heterocycles. The van der Waals surface area contributed by atoms with Crippen LogP contribution in [0.2, 0.25) is 0 Å². The van der Waals surface area contributed by atoms with E-state index in [2.05, 4.69) is 9.05 Å². The molecule has 0 bridgehead atoms. The van der Waals surface area contributed by atoms with Crippen LogP contribution >= 0.6 is 7.99 Å². The van der Waals surface area contributed by atoms with E-state index in [4.69, 9.17) is 0 Å². The molecular formula is C2H4F3O2P. The van der Waals surface area contributed by atoms with Crippen LogP contribution in [0.5, 0.6) is 0 Å². The Morgan fingerprint density at radius 2 is 1.38 bits per heavy atom. The second-order valence-electron chi connectivity index (χ2n) is 1.35. The molecule has 1 rings (SSSR count). The summed E-state index contributed by atoms with van der Waals surface area (Å²) in [4.78, 5) is 0. The molecule has 0 unspecified atom stereocenters. The number of hydrogen-bond acceptors (Lipinski definition) is 2. The van der Waals surface area contributed by atoms with Crippen LogP contribution in [0.3, 0.4) is 0 Å². The molecule has 0 aromatic rings. The third-order valence-electron chi connectivity index (χ3n) is 0.664. The first-order valence-corrected chi connectivity index (χ1v) is 3.69. The van der Waals surface area contributed by atoms with Crippen molar-refractivity contribution in [2.75, 3.05) is 13.2 Å². The second kappa shape index (κ2) is 1.35. The molecule has 50 valence electrons. The Morgan fingerprint density at radius 3 is 1.50 bits per heavy atom. The Balaban J connectivity index is 2.67. The predicted molar refractivity (Wildman–Crippen MR) is 22.1 cm³/mol. The second-order valence-corrected chi connectivity index (χ2v) is 3.22. The summed E-state index contributed by atoms with van der Waals surface area (Å²) < 4.78 is 41.8. The minimum absolute atomic E-state index is 0.346. The first kappa shape index (κ1) is 6.26. The van der Waals surface area contributed by atoms with E-state index < -0.39 is 7.99 Å². The van der Waals surface area contributed by atoms with Crippen LogP contribution in [-0.4, -0.2) is 13.2 Å². The van der Waals surface area contributed by atoms with Gasteiger partial charge in [-0.3, -0.25) is 0 Å². The average Bonchev–Trinajstić information content (AvgIpc) is 1.81. The van der Waals surface area contributed by atoms with E-state index in [1.807, 2.05) is 0 Å². The van der Waals surface area contributed by atoms with Gasteiger partial charge in [0.15, 0.2) is 0 Å². The van der Waals surface area contributed by atoms with Gasteiger partial charge < -0.3 is 0 Å². The van der Waals surface area contributed by atoms with Gasteiger partial charge in [0.2, 0.25) is 0 Å². The Kier molecular flexibility index (Phi) is 1.05. The summed E-state index contributed by atoms with van der Waals surface area (Å²) in [5.41, 5.74) is 0. The summed E-state index contributed by atoms with van der Waals surface area (Å²) in [6, 6.07) is 0. The van der Waals surface area contributed by atoms with Crippen LogP contribution < -0.4 is 0 Å². The topological polar surface area (TPSA) is 18.5 Å². The Bertz CT molecular complexity index is 97.6. The maximum atomic E-state index is 11.7. The summed E-state index contributed by atoms with van der Waals surface area (Å²) in [6.45, 7) is -0.692. The molecule has 0 N–H and O–H groups in total. The molecule has 1 aliphatic heterocycles. The Hall–Kier alpha value is 0.140. The van der Waals surface area contributed by atoms with Crippen LogP contribution in [0, 0.1) is 0 Å². The van der Waals surface area contributed by atoms with Crippen LogP contribution in [0.25, 0.3) is 0 Å². The first-order chi connectivity index (χ1) is 3.47. The SMILES string of the molecule is FP1(F)(F)OCCO1. The number of hydrogen-bond donors (Lipinski definition) is 0. The zero-order valence-electron chi connectivity index (χ0n) is 3.81. The van der Waals surface area contributed by atoms with Crippen molar-refractivity contribution in [3.8, 4) is 0 Å². The summed E-state index contributed by atoms with van der Waals surface area (Å²) in [7, 11) is -6.49. The minimum atomic E-state index is -6.49. The van der Waals surface area contributed by atoms with Gasteiger partial charge >= 0.3 is 42.8 Å². The van der Waals surface area contributed by atoms with Crippen molar-refractivity contribution < 1.29 is 21.6 Å². The molecule has 1 heterocycles. The Morgan fingerprint density at radius 1 is 1.00 bits per heavy atom. The van der Waals surface area contributed by atoms with Crippen LogP contribution in [0.15, 0.2) is 0 Å². The van der Waals surface area contributed by atoms with Gasteiger partial charge in [0.25, 0.3) is 0 Å². The fraction of sp³-hybridized carbons (Fsp3) is 1.00. The van der Waals surface area contributed by atoms with E-state index in [0.717, 1.165) is 0 Å². The van der Waals surface area contributed by atoms with Crippen LogP contribution in [-0.2, 0) is 9.05 Å². The summed E-state index contributed by atoms with van der Waals surface area (Å²) in [5, 5.41) is 0. The van der Waals surface area contributed by atoms with Gasteiger partial charge in [0, 0.05) is 0 Å². The molecule has 2 nitrogen and oxygen atoms in total. The quantitative estimate of drug-likeness (QED) is 0.489. The third-order valence-corrected chi connectivity index (χ3v) is 1.83. The zero-order chi connectivity index (χ0) is 6.28. The predicted octanol–water partition coefficient (Wildman–Crippen LogP) is 2.07. The van der Waals surface area contributed by atoms with E-state index >= 15 is 0 Å². The molecule has 1 saturated heterocycles. The molecule has 0 spiro atoms. The zero-order valence-corrected chi connectivity index (χ0v) is 4.71. The van der Waals surface area contributed by atoms with E-state index in [1.54, 1.807) is 0 Å². The van der Waals surface area contributed by atoms with Gasteiger partial charge in [-0.2, -0.15) is 0 Å². The van der Waals surface area contributed by atoms with Crippen molar-refractivity contribution >= 4 is 7.99 Å². The molecule has 0 aromatic carbocycles. The molecule has 0 radical (unpaired) electrons. The third kappa shape index (κ3) is 1.31. The van der Waals surface area contributed by atoms with Gasteiger partial charge in [-0.1, -0.05) is 0 Å². The van der Waals surface area contributed by atoms with Gasteiger partial charge in [-0.15, -0.1) is 0 Å². The standard InChI is InChI=1S/C2H4F3O2P/c3-8(4,5)6-1-2-7-8/h1-2H2. The number of halogens is 3. The monoisotopic (exact) mass is 148 g/mol. The molecule has 8 heavy (non-hydrogen) atoms. The maximum absolute atomic E-state index is 11.7. The van der Waals surface area contributed by atoms with Crippen molar-refractivity contribution in [3.05, 3.63) is 0 Å². The number of rotatable bonds is 0. The van der Waals surface area contributed by atoms with Crippen molar-refractivity contribution in [2.45, 2.75) is 0 Å².